The molecule has 3 heteroatoms. The van der Waals surface area contributed by atoms with Crippen molar-refractivity contribution < 1.29 is 9.47 Å². The number of nitriles is 1. The van der Waals surface area contributed by atoms with Crippen LogP contribution in [0.5, 0.6) is 5.75 Å². The summed E-state index contributed by atoms with van der Waals surface area (Å²) in [4.78, 5) is 0. The van der Waals surface area contributed by atoms with Gasteiger partial charge in [-0.15, -0.1) is 0 Å². The smallest absolute Gasteiger partial charge is 0.137 e. The summed E-state index contributed by atoms with van der Waals surface area (Å²) in [5, 5.41) is 9.18. The summed E-state index contributed by atoms with van der Waals surface area (Å²) < 4.78 is 10.9. The maximum Gasteiger partial charge on any atom is 0.137 e. The molecule has 0 aliphatic carbocycles. The Hall–Kier alpha value is -1.53. The van der Waals surface area contributed by atoms with Gasteiger partial charge in [-0.25, -0.2) is 0 Å². The Bertz CT molecular complexity index is 464. The van der Waals surface area contributed by atoms with E-state index in [1.54, 1.807) is 0 Å². The van der Waals surface area contributed by atoms with E-state index in [0.29, 0.717) is 17.9 Å². The van der Waals surface area contributed by atoms with Crippen LogP contribution in [0.2, 0.25) is 0 Å². The molecule has 1 aromatic rings. The van der Waals surface area contributed by atoms with Crippen LogP contribution in [-0.2, 0) is 10.2 Å². The third-order valence-electron chi connectivity index (χ3n) is 3.18. The quantitative estimate of drug-likeness (QED) is 0.822. The van der Waals surface area contributed by atoms with Gasteiger partial charge in [0.25, 0.3) is 0 Å². The molecule has 1 saturated heterocycles. The van der Waals surface area contributed by atoms with E-state index in [2.05, 4.69) is 26.8 Å². The zero-order chi connectivity index (χ0) is 13.2. The molecule has 0 N–H and O–H groups in total. The van der Waals surface area contributed by atoms with Crippen LogP contribution >= 0.6 is 0 Å². The van der Waals surface area contributed by atoms with Crippen molar-refractivity contribution in [1.29, 1.82) is 5.26 Å². The highest BCUT2D eigenvalue weighted by atomic mass is 16.5. The van der Waals surface area contributed by atoms with Gasteiger partial charge in [-0.3, -0.25) is 0 Å². The van der Waals surface area contributed by atoms with Crippen molar-refractivity contribution in [3.8, 4) is 11.8 Å². The fourth-order valence-electron chi connectivity index (χ4n) is 1.81. The fraction of sp³-hybridized carbons (Fsp3) is 0.533. The van der Waals surface area contributed by atoms with E-state index in [4.69, 9.17) is 9.47 Å². The van der Waals surface area contributed by atoms with Gasteiger partial charge in [0.05, 0.1) is 11.7 Å². The molecule has 0 amide bonds. The normalized spacial score (nSPS) is 18.9. The SMILES string of the molecule is CC(C)(C)c1ccc(OCC2CCO2)c(C#N)c1. The summed E-state index contributed by atoms with van der Waals surface area (Å²) >= 11 is 0. The lowest BCUT2D eigenvalue weighted by atomic mass is 9.86. The van der Waals surface area contributed by atoms with E-state index in [-0.39, 0.29) is 11.5 Å². The zero-order valence-corrected chi connectivity index (χ0v) is 11.2. The zero-order valence-electron chi connectivity index (χ0n) is 11.2. The maximum absolute atomic E-state index is 9.18. The minimum Gasteiger partial charge on any atom is -0.489 e. The average Bonchev–Trinajstić information content (AvgIpc) is 2.25. The van der Waals surface area contributed by atoms with Crippen molar-refractivity contribution in [2.75, 3.05) is 13.2 Å². The number of hydrogen-bond donors (Lipinski definition) is 0. The standard InChI is InChI=1S/C15H19NO2/c1-15(2,3)12-4-5-14(11(8-12)9-16)18-10-13-6-7-17-13/h4-5,8,13H,6-7,10H2,1-3H3. The minimum atomic E-state index is 0.0429. The first-order valence-electron chi connectivity index (χ1n) is 6.30. The highest BCUT2D eigenvalue weighted by Crippen LogP contribution is 2.28. The van der Waals surface area contributed by atoms with Crippen LogP contribution in [-0.4, -0.2) is 19.3 Å². The van der Waals surface area contributed by atoms with Gasteiger partial charge >= 0.3 is 0 Å². The molecule has 0 spiro atoms. The molecular weight excluding hydrogens is 226 g/mol. The number of benzene rings is 1. The second-order valence-corrected chi connectivity index (χ2v) is 5.67. The number of hydrogen-bond acceptors (Lipinski definition) is 3. The Kier molecular flexibility index (Phi) is 3.58. The lowest BCUT2D eigenvalue weighted by molar-refractivity contribution is -0.0721. The van der Waals surface area contributed by atoms with Gasteiger partial charge in [-0.1, -0.05) is 26.8 Å². The van der Waals surface area contributed by atoms with Crippen LogP contribution in [0.25, 0.3) is 0 Å². The lowest BCUT2D eigenvalue weighted by Crippen LogP contribution is -2.32. The average molecular weight is 245 g/mol. The molecule has 0 radical (unpaired) electrons. The molecule has 0 saturated carbocycles. The van der Waals surface area contributed by atoms with Crippen LogP contribution in [0, 0.1) is 11.3 Å². The lowest BCUT2D eigenvalue weighted by Gasteiger charge is -2.26. The molecular formula is C15H19NO2. The third kappa shape index (κ3) is 2.83. The number of rotatable bonds is 3. The largest absolute Gasteiger partial charge is 0.489 e. The van der Waals surface area contributed by atoms with Crippen molar-refractivity contribution in [3.05, 3.63) is 29.3 Å². The molecule has 1 aliphatic rings. The summed E-state index contributed by atoms with van der Waals surface area (Å²) in [7, 11) is 0. The Morgan fingerprint density at radius 3 is 2.67 bits per heavy atom. The van der Waals surface area contributed by atoms with Gasteiger partial charge in [0, 0.05) is 13.0 Å². The molecule has 18 heavy (non-hydrogen) atoms. The Balaban J connectivity index is 2.13. The molecule has 96 valence electrons. The van der Waals surface area contributed by atoms with Crippen molar-refractivity contribution in [2.24, 2.45) is 0 Å². The summed E-state index contributed by atoms with van der Waals surface area (Å²) in [5.41, 5.74) is 1.79. The topological polar surface area (TPSA) is 42.2 Å². The summed E-state index contributed by atoms with van der Waals surface area (Å²) in [6, 6.07) is 8.03. The molecule has 1 atom stereocenters. The Morgan fingerprint density at radius 2 is 2.17 bits per heavy atom. The number of nitrogens with zero attached hydrogens (tertiary/aromatic N) is 1. The minimum absolute atomic E-state index is 0.0429. The first kappa shape index (κ1) is 12.9. The van der Waals surface area contributed by atoms with Gasteiger partial charge in [-0.05, 0) is 23.1 Å². The van der Waals surface area contributed by atoms with E-state index >= 15 is 0 Å². The number of ether oxygens (including phenoxy) is 2. The summed E-state index contributed by atoms with van der Waals surface area (Å²) in [6.07, 6.45) is 1.24. The Labute approximate surface area is 108 Å². The molecule has 0 bridgehead atoms. The highest BCUT2D eigenvalue weighted by molar-refractivity contribution is 5.46. The molecule has 3 nitrogen and oxygen atoms in total. The summed E-state index contributed by atoms with van der Waals surface area (Å²) in [6.45, 7) is 7.75. The molecule has 1 aliphatic heterocycles. The van der Waals surface area contributed by atoms with E-state index in [1.807, 2.05) is 18.2 Å². The monoisotopic (exact) mass is 245 g/mol. The predicted molar refractivity (Wildman–Crippen MR) is 69.7 cm³/mol. The Morgan fingerprint density at radius 1 is 1.44 bits per heavy atom. The van der Waals surface area contributed by atoms with E-state index in [9.17, 15) is 5.26 Å². The molecule has 2 rings (SSSR count). The van der Waals surface area contributed by atoms with Gasteiger partial charge in [0.2, 0.25) is 0 Å². The fourth-order valence-corrected chi connectivity index (χ4v) is 1.81. The first-order chi connectivity index (χ1) is 8.50. The summed E-state index contributed by atoms with van der Waals surface area (Å²) in [5.74, 6) is 0.654. The first-order valence-corrected chi connectivity index (χ1v) is 6.30. The molecule has 1 aromatic carbocycles. The van der Waals surface area contributed by atoms with Crippen LogP contribution in [0.15, 0.2) is 18.2 Å². The second-order valence-electron chi connectivity index (χ2n) is 5.67. The van der Waals surface area contributed by atoms with Crippen molar-refractivity contribution in [2.45, 2.75) is 38.7 Å². The van der Waals surface area contributed by atoms with Gasteiger partial charge < -0.3 is 9.47 Å². The molecule has 1 heterocycles. The van der Waals surface area contributed by atoms with E-state index in [1.165, 1.54) is 0 Å². The van der Waals surface area contributed by atoms with Crippen LogP contribution in [0.1, 0.15) is 38.3 Å². The van der Waals surface area contributed by atoms with Gasteiger partial charge in [0.15, 0.2) is 0 Å². The van der Waals surface area contributed by atoms with Crippen LogP contribution < -0.4 is 4.74 Å². The van der Waals surface area contributed by atoms with Gasteiger partial charge in [-0.2, -0.15) is 5.26 Å². The highest BCUT2D eigenvalue weighted by Gasteiger charge is 2.20. The molecule has 1 unspecified atom stereocenters. The van der Waals surface area contributed by atoms with Crippen molar-refractivity contribution in [1.82, 2.24) is 0 Å². The molecule has 0 aromatic heterocycles. The third-order valence-corrected chi connectivity index (χ3v) is 3.18. The molecule has 1 fully saturated rings. The second kappa shape index (κ2) is 4.99. The van der Waals surface area contributed by atoms with Crippen molar-refractivity contribution >= 4 is 0 Å². The van der Waals surface area contributed by atoms with E-state index in [0.717, 1.165) is 18.6 Å². The van der Waals surface area contributed by atoms with Crippen LogP contribution in [0.4, 0.5) is 0 Å². The van der Waals surface area contributed by atoms with Gasteiger partial charge in [0.1, 0.15) is 18.4 Å². The maximum atomic E-state index is 9.18. The van der Waals surface area contributed by atoms with Crippen LogP contribution in [0.3, 0.4) is 0 Å². The van der Waals surface area contributed by atoms with E-state index < -0.39 is 0 Å². The predicted octanol–water partition coefficient (Wildman–Crippen LogP) is 3.02. The van der Waals surface area contributed by atoms with Crippen molar-refractivity contribution in [3.63, 3.8) is 0 Å².